The quantitative estimate of drug-likeness (QED) is 0.0979. The molecule has 0 radical (unpaired) electrons. The molecule has 0 saturated carbocycles. The summed E-state index contributed by atoms with van der Waals surface area (Å²) in [5.41, 5.74) is 0. The van der Waals surface area contributed by atoms with Gasteiger partial charge in [0.2, 0.25) is 0 Å². The molecule has 0 rings (SSSR count). The summed E-state index contributed by atoms with van der Waals surface area (Å²) < 4.78 is 136. The van der Waals surface area contributed by atoms with E-state index in [0.717, 1.165) is 0 Å². The van der Waals surface area contributed by atoms with E-state index < -0.39 is 84.6 Å². The molecule has 6 nitrogen and oxygen atoms in total. The van der Waals surface area contributed by atoms with Crippen LogP contribution >= 0.6 is 35.6 Å². The van der Waals surface area contributed by atoms with E-state index in [1.807, 2.05) is 0 Å². The third-order valence-electron chi connectivity index (χ3n) is 2.28. The third-order valence-corrected chi connectivity index (χ3v) is 6.26. The smallest absolute Gasteiger partial charge is 0.281 e. The Morgan fingerprint density at radius 1 is 0.808 bits per heavy atom. The summed E-state index contributed by atoms with van der Waals surface area (Å²) in [6.45, 7) is 0. The molecule has 0 aromatic carbocycles. The van der Waals surface area contributed by atoms with Crippen LogP contribution in [0, 0.1) is 0 Å². The van der Waals surface area contributed by atoms with Gasteiger partial charge in [-0.1, -0.05) is 28.6 Å². The number of hydrogen-bond acceptors (Lipinski definition) is 8. The zero-order chi connectivity index (χ0) is 20.9. The lowest BCUT2D eigenvalue weighted by Crippen LogP contribution is -2.44. The normalized spacial score (nSPS) is 14.7. The van der Waals surface area contributed by atoms with Gasteiger partial charge in [-0.3, -0.25) is 4.55 Å². The van der Waals surface area contributed by atoms with Crippen LogP contribution in [-0.2, 0) is 19.5 Å². The SMILES string of the molecule is O=S(=O)(O)C(F)(F)C(F)(F)SCCCCSC(F)(F)C(F)(F)SOOO. The minimum Gasteiger partial charge on any atom is -0.281 e. The Morgan fingerprint density at radius 2 is 1.23 bits per heavy atom. The lowest BCUT2D eigenvalue weighted by Gasteiger charge is -2.23. The minimum atomic E-state index is -6.38. The summed E-state index contributed by atoms with van der Waals surface area (Å²) in [5, 5.41) is -10.1. The van der Waals surface area contributed by atoms with E-state index in [1.165, 1.54) is 0 Å². The average molecular weight is 482 g/mol. The van der Waals surface area contributed by atoms with E-state index in [-0.39, 0.29) is 6.42 Å². The maximum atomic E-state index is 13.2. The highest BCUT2D eigenvalue weighted by atomic mass is 32.2. The van der Waals surface area contributed by atoms with Gasteiger partial charge in [-0.2, -0.15) is 43.5 Å². The van der Waals surface area contributed by atoms with E-state index in [2.05, 4.69) is 9.37 Å². The number of unbranched alkanes of at least 4 members (excludes halogenated alkanes) is 1. The number of hydrogen-bond donors (Lipinski definition) is 2. The van der Waals surface area contributed by atoms with Crippen molar-refractivity contribution in [3.63, 3.8) is 0 Å². The average Bonchev–Trinajstić information content (AvgIpc) is 2.47. The van der Waals surface area contributed by atoms with Crippen LogP contribution in [-0.4, -0.2) is 50.8 Å². The van der Waals surface area contributed by atoms with Gasteiger partial charge in [0.25, 0.3) is 0 Å². The number of thioether (sulfide) groups is 2. The monoisotopic (exact) mass is 482 g/mol. The first-order valence-electron chi connectivity index (χ1n) is 5.94. The molecule has 18 heteroatoms. The van der Waals surface area contributed by atoms with Gasteiger partial charge in [-0.15, -0.1) is 4.33 Å². The summed E-state index contributed by atoms with van der Waals surface area (Å²) in [5.74, 6) is -1.54. The number of halogens is 8. The van der Waals surface area contributed by atoms with Gasteiger partial charge in [0.1, 0.15) is 12.0 Å². The van der Waals surface area contributed by atoms with Crippen molar-refractivity contribution < 1.29 is 62.7 Å². The molecule has 0 aliphatic rings. The molecule has 0 aliphatic heterocycles. The zero-order valence-electron chi connectivity index (χ0n) is 12.0. The number of alkyl halides is 8. The first-order chi connectivity index (χ1) is 11.5. The molecule has 0 aliphatic carbocycles. The lowest BCUT2D eigenvalue weighted by molar-refractivity contribution is -0.433. The molecule has 2 N–H and O–H groups in total. The molecular weight excluding hydrogens is 472 g/mol. The Bertz CT molecular complexity index is 545. The second-order valence-electron chi connectivity index (χ2n) is 4.17. The Balaban J connectivity index is 4.37. The molecular formula is C8H10F8O6S4. The van der Waals surface area contributed by atoms with Crippen LogP contribution in [0.2, 0.25) is 0 Å². The van der Waals surface area contributed by atoms with Crippen molar-refractivity contribution in [3.8, 4) is 0 Å². The molecule has 0 bridgehead atoms. The van der Waals surface area contributed by atoms with Crippen LogP contribution in [0.25, 0.3) is 0 Å². The van der Waals surface area contributed by atoms with E-state index >= 15 is 0 Å². The standard InChI is InChI=1S/C8H10F8O6S4/c9-5(10,6(11,12)25-22-21-17)23-3-1-2-4-24-7(13,14)8(15,16)26(18,19)20/h17H,1-4H2,(H,18,19,20). The molecule has 26 heavy (non-hydrogen) atoms. The predicted octanol–water partition coefficient (Wildman–Crippen LogP) is 4.56. The third kappa shape index (κ3) is 7.02. The zero-order valence-corrected chi connectivity index (χ0v) is 15.3. The van der Waals surface area contributed by atoms with E-state index in [9.17, 15) is 43.5 Å². The highest BCUT2D eigenvalue weighted by molar-refractivity contribution is 8.02. The molecule has 0 aromatic rings. The van der Waals surface area contributed by atoms with Crippen molar-refractivity contribution in [2.45, 2.75) is 33.9 Å². The Kier molecular flexibility index (Phi) is 9.76. The van der Waals surface area contributed by atoms with Gasteiger partial charge < -0.3 is 0 Å². The highest BCUT2D eigenvalue weighted by Gasteiger charge is 2.66. The Hall–Kier alpha value is 0.280. The second-order valence-corrected chi connectivity index (χ2v) is 8.87. The van der Waals surface area contributed by atoms with Crippen molar-refractivity contribution in [2.75, 3.05) is 11.5 Å². The van der Waals surface area contributed by atoms with Crippen LogP contribution in [0.5, 0.6) is 0 Å². The van der Waals surface area contributed by atoms with Crippen LogP contribution in [0.3, 0.4) is 0 Å². The van der Waals surface area contributed by atoms with Gasteiger partial charge in [-0.05, 0) is 24.3 Å². The van der Waals surface area contributed by atoms with Crippen molar-refractivity contribution in [1.82, 2.24) is 0 Å². The molecule has 0 heterocycles. The fourth-order valence-corrected chi connectivity index (χ4v) is 3.86. The fourth-order valence-electron chi connectivity index (χ4n) is 1.03. The second kappa shape index (κ2) is 9.66. The van der Waals surface area contributed by atoms with Crippen molar-refractivity contribution in [2.24, 2.45) is 0 Å². The Morgan fingerprint density at radius 3 is 1.62 bits per heavy atom. The molecule has 0 saturated heterocycles. The Labute approximate surface area is 154 Å². The number of rotatable bonds is 13. The summed E-state index contributed by atoms with van der Waals surface area (Å²) in [6.07, 6.45) is -0.821. The summed E-state index contributed by atoms with van der Waals surface area (Å²) in [4.78, 5) is 0. The molecule has 0 amide bonds. The molecule has 158 valence electrons. The maximum Gasteiger partial charge on any atom is 0.441 e. The van der Waals surface area contributed by atoms with Gasteiger partial charge >= 0.3 is 31.1 Å². The van der Waals surface area contributed by atoms with Crippen LogP contribution in [0.4, 0.5) is 35.1 Å². The maximum absolute atomic E-state index is 13.2. The summed E-state index contributed by atoms with van der Waals surface area (Å²) in [6, 6.07) is 0. The summed E-state index contributed by atoms with van der Waals surface area (Å²) in [7, 11) is -6.38. The van der Waals surface area contributed by atoms with E-state index in [4.69, 9.17) is 9.81 Å². The van der Waals surface area contributed by atoms with Crippen molar-refractivity contribution in [1.29, 1.82) is 0 Å². The largest absolute Gasteiger partial charge is 0.441 e. The summed E-state index contributed by atoms with van der Waals surface area (Å²) >= 11 is -2.63. The molecule has 0 spiro atoms. The van der Waals surface area contributed by atoms with Crippen LogP contribution < -0.4 is 0 Å². The first-order valence-corrected chi connectivity index (χ1v) is 10.1. The van der Waals surface area contributed by atoms with Crippen LogP contribution in [0.1, 0.15) is 12.8 Å². The van der Waals surface area contributed by atoms with Gasteiger partial charge in [0.15, 0.2) is 0 Å². The van der Waals surface area contributed by atoms with Crippen molar-refractivity contribution in [3.05, 3.63) is 0 Å². The lowest BCUT2D eigenvalue weighted by atomic mass is 10.4. The molecule has 0 aromatic heterocycles. The minimum absolute atomic E-state index is 0.390. The van der Waals surface area contributed by atoms with Crippen molar-refractivity contribution >= 4 is 45.7 Å². The fraction of sp³-hybridized carbons (Fsp3) is 1.00. The molecule has 0 fully saturated rings. The predicted molar refractivity (Wildman–Crippen MR) is 77.9 cm³/mol. The molecule has 0 atom stereocenters. The first kappa shape index (κ1) is 26.3. The van der Waals surface area contributed by atoms with E-state index in [0.29, 0.717) is 0 Å². The van der Waals surface area contributed by atoms with Gasteiger partial charge in [-0.25, -0.2) is 5.26 Å². The highest BCUT2D eigenvalue weighted by Crippen LogP contribution is 2.50. The van der Waals surface area contributed by atoms with Crippen LogP contribution in [0.15, 0.2) is 0 Å². The topological polar surface area (TPSA) is 93.1 Å². The van der Waals surface area contributed by atoms with Gasteiger partial charge in [0.05, 0.1) is 0 Å². The van der Waals surface area contributed by atoms with Gasteiger partial charge in [0, 0.05) is 0 Å². The van der Waals surface area contributed by atoms with E-state index in [1.54, 1.807) is 0 Å². The molecule has 0 unspecified atom stereocenters.